The van der Waals surface area contributed by atoms with E-state index in [2.05, 4.69) is 0 Å². The van der Waals surface area contributed by atoms with E-state index in [9.17, 15) is 122 Å². The van der Waals surface area contributed by atoms with Crippen LogP contribution in [-0.4, -0.2) is 72.0 Å². The Balaban J connectivity index is -0.000000240. The number of aliphatic carboxylic acids is 3. The summed E-state index contributed by atoms with van der Waals surface area (Å²) in [7, 11) is 0. The van der Waals surface area contributed by atoms with E-state index in [1.54, 1.807) is 0 Å². The summed E-state index contributed by atoms with van der Waals surface area (Å²) in [5.41, 5.74) is 0. The number of carboxylic acids is 3. The SMILES string of the molecule is O=C([O-])C(F)(F)C(F)(F)C(F)(F)F.O=C([O-])C(F)(F)C(F)(F)C(F)(F)F.O=C([O-])C(F)(F)C(F)(F)C(F)(F)F.[Co+3]. The quantitative estimate of drug-likeness (QED) is 0.390. The van der Waals surface area contributed by atoms with Crippen molar-refractivity contribution in [2.75, 3.05) is 0 Å². The number of hydrogen-bond donors (Lipinski definition) is 0. The minimum absolute atomic E-state index is 0. The van der Waals surface area contributed by atoms with Gasteiger partial charge in [0.2, 0.25) is 0 Å². The summed E-state index contributed by atoms with van der Waals surface area (Å²) in [5.74, 6) is -50.1. The maximum Gasteiger partial charge on any atom is 3.00 e. The Morgan fingerprint density at radius 1 is 0.325 bits per heavy atom. The maximum atomic E-state index is 11.7. The van der Waals surface area contributed by atoms with E-state index in [1.807, 2.05) is 0 Å². The molecule has 0 saturated heterocycles. The Bertz CT molecular complexity index is 772. The fourth-order valence-electron chi connectivity index (χ4n) is 0.919. The number of halogens is 21. The van der Waals surface area contributed by atoms with Crippen LogP contribution in [0.5, 0.6) is 0 Å². The molecule has 0 aromatic rings. The molecule has 0 bridgehead atoms. The Morgan fingerprint density at radius 2 is 0.425 bits per heavy atom. The molecular formula is C12CoF21O6. The van der Waals surface area contributed by atoms with Gasteiger partial charge in [-0.15, -0.1) is 0 Å². The van der Waals surface area contributed by atoms with Gasteiger partial charge in [-0.1, -0.05) is 0 Å². The summed E-state index contributed by atoms with van der Waals surface area (Å²) < 4.78 is 241. The third-order valence-electron chi connectivity index (χ3n) is 3.02. The molecule has 0 aliphatic heterocycles. The molecule has 0 aliphatic rings. The first-order valence-corrected chi connectivity index (χ1v) is 7.44. The molecule has 0 aliphatic carbocycles. The molecule has 0 fully saturated rings. The molecule has 0 atom stereocenters. The van der Waals surface area contributed by atoms with Gasteiger partial charge in [-0.25, -0.2) is 0 Å². The van der Waals surface area contributed by atoms with Gasteiger partial charge in [0, 0.05) is 0 Å². The van der Waals surface area contributed by atoms with Gasteiger partial charge in [-0.05, 0) is 0 Å². The third kappa shape index (κ3) is 8.72. The molecule has 0 saturated carbocycles. The van der Waals surface area contributed by atoms with Crippen molar-refractivity contribution in [3.8, 4) is 0 Å². The Labute approximate surface area is 211 Å². The van der Waals surface area contributed by atoms with Crippen LogP contribution in [0, 0.1) is 0 Å². The molecule has 28 heteroatoms. The van der Waals surface area contributed by atoms with Crippen molar-refractivity contribution >= 4 is 17.9 Å². The molecule has 0 heterocycles. The van der Waals surface area contributed by atoms with E-state index in [1.165, 1.54) is 0 Å². The van der Waals surface area contributed by atoms with Crippen molar-refractivity contribution in [2.45, 2.75) is 54.1 Å². The van der Waals surface area contributed by atoms with Gasteiger partial charge in [0.15, 0.2) is 0 Å². The maximum absolute atomic E-state index is 11.7. The number of carboxylic acid groups (broad SMARTS) is 3. The second-order valence-electron chi connectivity index (χ2n) is 5.80. The van der Waals surface area contributed by atoms with Crippen LogP contribution in [0.2, 0.25) is 0 Å². The third-order valence-corrected chi connectivity index (χ3v) is 3.02. The summed E-state index contributed by atoms with van der Waals surface area (Å²) in [6, 6.07) is 0. The largest absolute Gasteiger partial charge is 3.00 e. The first-order chi connectivity index (χ1) is 16.3. The van der Waals surface area contributed by atoms with E-state index in [-0.39, 0.29) is 16.8 Å². The molecule has 0 spiro atoms. The van der Waals surface area contributed by atoms with Gasteiger partial charge in [-0.3, -0.25) is 0 Å². The minimum atomic E-state index is -6.64. The van der Waals surface area contributed by atoms with Gasteiger partial charge >= 0.3 is 70.8 Å². The van der Waals surface area contributed by atoms with Crippen molar-refractivity contribution in [3.63, 3.8) is 0 Å². The normalized spacial score (nSPS) is 14.0. The number of carbonyl (C=O) groups excluding carboxylic acids is 3. The van der Waals surface area contributed by atoms with E-state index in [4.69, 9.17) is 0 Å². The van der Waals surface area contributed by atoms with Crippen LogP contribution in [0.1, 0.15) is 0 Å². The zero-order valence-electron chi connectivity index (χ0n) is 16.7. The average molecular weight is 698 g/mol. The molecule has 40 heavy (non-hydrogen) atoms. The summed E-state index contributed by atoms with van der Waals surface area (Å²) in [6.07, 6.45) is -19.9. The number of rotatable bonds is 6. The van der Waals surface area contributed by atoms with Crippen LogP contribution in [0.25, 0.3) is 0 Å². The second-order valence-corrected chi connectivity index (χ2v) is 5.80. The summed E-state index contributed by atoms with van der Waals surface area (Å²) in [5, 5.41) is 27.8. The Hall–Kier alpha value is -2.55. The second kappa shape index (κ2) is 12.5. The molecule has 0 amide bonds. The smallest absolute Gasteiger partial charge is 0.544 e. The first-order valence-electron chi connectivity index (χ1n) is 7.44. The monoisotopic (exact) mass is 698 g/mol. The molecule has 240 valence electrons. The predicted octanol–water partition coefficient (Wildman–Crippen LogP) is 1.71. The Kier molecular flexibility index (Phi) is 13.9. The molecule has 0 radical (unpaired) electrons. The van der Waals surface area contributed by atoms with E-state index in [0.29, 0.717) is 0 Å². The number of carbonyl (C=O) groups is 3. The van der Waals surface area contributed by atoms with Crippen LogP contribution >= 0.6 is 0 Å². The van der Waals surface area contributed by atoms with Gasteiger partial charge in [0.25, 0.3) is 0 Å². The van der Waals surface area contributed by atoms with Gasteiger partial charge < -0.3 is 29.7 Å². The van der Waals surface area contributed by atoms with E-state index >= 15 is 0 Å². The zero-order valence-corrected chi connectivity index (χ0v) is 17.8. The van der Waals surface area contributed by atoms with E-state index < -0.39 is 72.0 Å². The van der Waals surface area contributed by atoms with Crippen molar-refractivity contribution in [3.05, 3.63) is 0 Å². The van der Waals surface area contributed by atoms with Crippen molar-refractivity contribution in [2.24, 2.45) is 0 Å². The predicted molar refractivity (Wildman–Crippen MR) is 62.9 cm³/mol. The topological polar surface area (TPSA) is 120 Å². The number of alkyl halides is 21. The fourth-order valence-corrected chi connectivity index (χ4v) is 0.919. The van der Waals surface area contributed by atoms with Crippen molar-refractivity contribution in [1.82, 2.24) is 0 Å². The molecule has 0 N–H and O–H groups in total. The van der Waals surface area contributed by atoms with Gasteiger partial charge in [-0.2, -0.15) is 92.2 Å². The van der Waals surface area contributed by atoms with Gasteiger partial charge in [0.05, 0.1) is 0 Å². The van der Waals surface area contributed by atoms with Crippen LogP contribution in [0.3, 0.4) is 0 Å². The van der Waals surface area contributed by atoms with Crippen molar-refractivity contribution < 1.29 is 139 Å². The van der Waals surface area contributed by atoms with Crippen LogP contribution < -0.4 is 15.3 Å². The Morgan fingerprint density at radius 3 is 0.450 bits per heavy atom. The minimum Gasteiger partial charge on any atom is -0.544 e. The fraction of sp³-hybridized carbons (Fsp3) is 0.750. The van der Waals surface area contributed by atoms with E-state index in [0.717, 1.165) is 0 Å². The standard InChI is InChI=1S/3C4HF7O2.Co/c3*5-2(6,1(12)13)3(7,8)4(9,10)11;/h3*(H,12,13);/q;;;+3/p-3. The molecular weight excluding hydrogens is 698 g/mol. The summed E-state index contributed by atoms with van der Waals surface area (Å²) in [6.45, 7) is 0. The molecule has 6 nitrogen and oxygen atoms in total. The average Bonchev–Trinajstić information content (AvgIpc) is 2.65. The first kappa shape index (κ1) is 44.5. The van der Waals surface area contributed by atoms with Crippen molar-refractivity contribution in [1.29, 1.82) is 0 Å². The summed E-state index contributed by atoms with van der Waals surface area (Å²) >= 11 is 0. The number of hydrogen-bond acceptors (Lipinski definition) is 6. The summed E-state index contributed by atoms with van der Waals surface area (Å²) in [4.78, 5) is 27.8. The molecule has 0 aromatic carbocycles. The van der Waals surface area contributed by atoms with Gasteiger partial charge in [0.1, 0.15) is 17.9 Å². The molecule has 0 rings (SSSR count). The molecule has 0 aromatic heterocycles. The van der Waals surface area contributed by atoms with Crippen LogP contribution in [0.15, 0.2) is 0 Å². The van der Waals surface area contributed by atoms with Crippen LogP contribution in [-0.2, 0) is 31.2 Å². The molecule has 0 unspecified atom stereocenters. The zero-order chi connectivity index (χ0) is 33.2. The van der Waals surface area contributed by atoms with Crippen LogP contribution in [0.4, 0.5) is 92.2 Å².